The third kappa shape index (κ3) is 3.03. The summed E-state index contributed by atoms with van der Waals surface area (Å²) in [4.78, 5) is 0. The van der Waals surface area contributed by atoms with Gasteiger partial charge in [-0.05, 0) is 63.1 Å². The molecule has 0 aliphatic heterocycles. The van der Waals surface area contributed by atoms with Crippen LogP contribution < -0.4 is 10.0 Å². The molecule has 2 aliphatic rings. The Labute approximate surface area is 126 Å². The minimum absolute atomic E-state index is 0.0164. The summed E-state index contributed by atoms with van der Waals surface area (Å²) in [5, 5.41) is 2.96. The standard InChI is InChI=1S/C15H24N2O3S/c1-10(14-8-11-3-4-12(14)7-11)17-21(18,19)15-6-5-13(20-15)9-16-2/h5-6,10-12,14,16-17H,3-4,7-9H2,1-2H3. The van der Waals surface area contributed by atoms with Crippen LogP contribution in [0.25, 0.3) is 0 Å². The van der Waals surface area contributed by atoms with Crippen LogP contribution in [0, 0.1) is 17.8 Å². The SMILES string of the molecule is CNCc1ccc(S(=O)(=O)NC(C)C2CC3CCC2C3)o1. The molecule has 1 aromatic rings. The van der Waals surface area contributed by atoms with Gasteiger partial charge in [-0.2, -0.15) is 0 Å². The minimum Gasteiger partial charge on any atom is -0.447 e. The quantitative estimate of drug-likeness (QED) is 0.844. The van der Waals surface area contributed by atoms with E-state index in [-0.39, 0.29) is 11.1 Å². The second-order valence-corrected chi connectivity index (χ2v) is 8.14. The first-order valence-electron chi connectivity index (χ1n) is 7.75. The van der Waals surface area contributed by atoms with Crippen molar-refractivity contribution >= 4 is 10.0 Å². The molecule has 0 aromatic carbocycles. The van der Waals surface area contributed by atoms with E-state index in [2.05, 4.69) is 10.0 Å². The van der Waals surface area contributed by atoms with Crippen LogP contribution in [0.3, 0.4) is 0 Å². The maximum Gasteiger partial charge on any atom is 0.274 e. The molecule has 6 heteroatoms. The number of rotatable bonds is 6. The van der Waals surface area contributed by atoms with Crippen LogP contribution in [0.1, 0.15) is 38.4 Å². The number of nitrogens with one attached hydrogen (secondary N) is 2. The van der Waals surface area contributed by atoms with E-state index in [9.17, 15) is 8.42 Å². The van der Waals surface area contributed by atoms with Gasteiger partial charge >= 0.3 is 0 Å². The molecule has 0 spiro atoms. The largest absolute Gasteiger partial charge is 0.447 e. The van der Waals surface area contributed by atoms with E-state index in [1.807, 2.05) is 6.92 Å². The van der Waals surface area contributed by atoms with Gasteiger partial charge in [0.1, 0.15) is 5.76 Å². The van der Waals surface area contributed by atoms with Crippen molar-refractivity contribution in [3.63, 3.8) is 0 Å². The van der Waals surface area contributed by atoms with Crippen LogP contribution in [-0.2, 0) is 16.6 Å². The molecule has 118 valence electrons. The minimum atomic E-state index is -3.56. The Balaban J connectivity index is 1.67. The fourth-order valence-electron chi connectivity index (χ4n) is 4.07. The summed E-state index contributed by atoms with van der Waals surface area (Å²) in [5.74, 6) is 2.62. The fraction of sp³-hybridized carbons (Fsp3) is 0.733. The summed E-state index contributed by atoms with van der Waals surface area (Å²) in [6.07, 6.45) is 5.03. The van der Waals surface area contributed by atoms with E-state index >= 15 is 0 Å². The van der Waals surface area contributed by atoms with E-state index in [0.717, 1.165) is 12.3 Å². The van der Waals surface area contributed by atoms with Crippen molar-refractivity contribution in [2.75, 3.05) is 7.05 Å². The molecule has 2 bridgehead atoms. The Kier molecular flexibility index (Phi) is 4.12. The zero-order valence-electron chi connectivity index (χ0n) is 12.6. The Morgan fingerprint density at radius 2 is 2.14 bits per heavy atom. The van der Waals surface area contributed by atoms with Gasteiger partial charge in [0.25, 0.3) is 10.0 Å². The number of hydrogen-bond acceptors (Lipinski definition) is 4. The Morgan fingerprint density at radius 1 is 1.33 bits per heavy atom. The van der Waals surface area contributed by atoms with Gasteiger partial charge in [0.2, 0.25) is 5.09 Å². The monoisotopic (exact) mass is 312 g/mol. The van der Waals surface area contributed by atoms with Gasteiger partial charge in [-0.1, -0.05) is 6.42 Å². The Bertz CT molecular complexity index is 596. The zero-order chi connectivity index (χ0) is 15.0. The van der Waals surface area contributed by atoms with Crippen LogP contribution in [-0.4, -0.2) is 21.5 Å². The molecule has 0 radical (unpaired) electrons. The van der Waals surface area contributed by atoms with E-state index in [4.69, 9.17) is 4.42 Å². The third-order valence-corrected chi connectivity index (χ3v) is 6.46. The zero-order valence-corrected chi connectivity index (χ0v) is 13.4. The molecule has 1 heterocycles. The van der Waals surface area contributed by atoms with Crippen molar-refractivity contribution < 1.29 is 12.8 Å². The maximum atomic E-state index is 12.4. The topological polar surface area (TPSA) is 71.3 Å². The smallest absolute Gasteiger partial charge is 0.274 e. The molecule has 0 saturated heterocycles. The molecular weight excluding hydrogens is 288 g/mol. The summed E-state index contributed by atoms with van der Waals surface area (Å²) < 4.78 is 33.0. The maximum absolute atomic E-state index is 12.4. The molecule has 2 saturated carbocycles. The molecule has 5 nitrogen and oxygen atoms in total. The molecule has 3 rings (SSSR count). The van der Waals surface area contributed by atoms with E-state index in [1.165, 1.54) is 25.3 Å². The summed E-state index contributed by atoms with van der Waals surface area (Å²) in [6, 6.07) is 3.21. The van der Waals surface area contributed by atoms with Crippen molar-refractivity contribution in [2.24, 2.45) is 17.8 Å². The average Bonchev–Trinajstić information content (AvgIpc) is 3.14. The molecule has 0 amide bonds. The number of hydrogen-bond donors (Lipinski definition) is 2. The van der Waals surface area contributed by atoms with Crippen molar-refractivity contribution in [1.82, 2.24) is 10.0 Å². The lowest BCUT2D eigenvalue weighted by Gasteiger charge is -2.27. The van der Waals surface area contributed by atoms with Gasteiger partial charge in [0.15, 0.2) is 0 Å². The highest BCUT2D eigenvalue weighted by Gasteiger charge is 2.42. The van der Waals surface area contributed by atoms with E-state index < -0.39 is 10.0 Å². The predicted molar refractivity (Wildman–Crippen MR) is 80.2 cm³/mol. The Hall–Kier alpha value is -0.850. The average molecular weight is 312 g/mol. The predicted octanol–water partition coefficient (Wildman–Crippen LogP) is 2.10. The molecule has 4 unspecified atom stereocenters. The fourth-order valence-corrected chi connectivity index (χ4v) is 5.31. The summed E-state index contributed by atoms with van der Waals surface area (Å²) in [5.41, 5.74) is 0. The lowest BCUT2D eigenvalue weighted by atomic mass is 9.84. The van der Waals surface area contributed by atoms with Crippen LogP contribution in [0.4, 0.5) is 0 Å². The molecule has 2 N–H and O–H groups in total. The van der Waals surface area contributed by atoms with Gasteiger partial charge in [0.05, 0.1) is 6.54 Å². The highest BCUT2D eigenvalue weighted by molar-refractivity contribution is 7.89. The third-order valence-electron chi connectivity index (χ3n) is 5.03. The molecule has 4 atom stereocenters. The van der Waals surface area contributed by atoms with Gasteiger partial charge in [0, 0.05) is 6.04 Å². The lowest BCUT2D eigenvalue weighted by molar-refractivity contribution is 0.278. The van der Waals surface area contributed by atoms with Gasteiger partial charge in [-0.15, -0.1) is 0 Å². The summed E-state index contributed by atoms with van der Waals surface area (Å²) in [7, 11) is -1.76. The van der Waals surface area contributed by atoms with Crippen molar-refractivity contribution in [2.45, 2.75) is 50.3 Å². The molecule has 2 aliphatic carbocycles. The molecule has 1 aromatic heterocycles. The number of fused-ring (bicyclic) bond motifs is 2. The highest BCUT2D eigenvalue weighted by Crippen LogP contribution is 2.49. The second kappa shape index (κ2) is 5.74. The molecular formula is C15H24N2O3S. The summed E-state index contributed by atoms with van der Waals surface area (Å²) >= 11 is 0. The summed E-state index contributed by atoms with van der Waals surface area (Å²) in [6.45, 7) is 2.51. The van der Waals surface area contributed by atoms with Crippen molar-refractivity contribution in [3.8, 4) is 0 Å². The molecule has 21 heavy (non-hydrogen) atoms. The van der Waals surface area contributed by atoms with E-state index in [0.29, 0.717) is 24.1 Å². The normalized spacial score (nSPS) is 29.9. The lowest BCUT2D eigenvalue weighted by Crippen LogP contribution is -2.39. The Morgan fingerprint density at radius 3 is 2.76 bits per heavy atom. The van der Waals surface area contributed by atoms with Gasteiger partial charge in [-0.3, -0.25) is 0 Å². The van der Waals surface area contributed by atoms with Crippen LogP contribution in [0.5, 0.6) is 0 Å². The van der Waals surface area contributed by atoms with Gasteiger partial charge < -0.3 is 9.73 Å². The van der Waals surface area contributed by atoms with Crippen LogP contribution in [0.2, 0.25) is 0 Å². The van der Waals surface area contributed by atoms with Gasteiger partial charge in [-0.25, -0.2) is 13.1 Å². The first-order chi connectivity index (χ1) is 9.99. The molecule has 2 fully saturated rings. The van der Waals surface area contributed by atoms with Crippen molar-refractivity contribution in [1.29, 1.82) is 0 Å². The van der Waals surface area contributed by atoms with E-state index in [1.54, 1.807) is 13.1 Å². The first kappa shape index (κ1) is 15.1. The first-order valence-corrected chi connectivity index (χ1v) is 9.23. The second-order valence-electron chi connectivity index (χ2n) is 6.50. The number of furan rings is 1. The van der Waals surface area contributed by atoms with Crippen LogP contribution >= 0.6 is 0 Å². The highest BCUT2D eigenvalue weighted by atomic mass is 32.2. The van der Waals surface area contributed by atoms with Crippen molar-refractivity contribution in [3.05, 3.63) is 17.9 Å². The number of sulfonamides is 1. The van der Waals surface area contributed by atoms with Crippen LogP contribution in [0.15, 0.2) is 21.6 Å².